The smallest absolute Gasteiger partial charge is 0.262 e. The van der Waals surface area contributed by atoms with Crippen molar-refractivity contribution in [3.8, 4) is 5.75 Å². The normalized spacial score (nSPS) is 15.3. The second-order valence-electron chi connectivity index (χ2n) is 4.36. The van der Waals surface area contributed by atoms with E-state index in [2.05, 4.69) is 15.3 Å². The zero-order chi connectivity index (χ0) is 13.2. The molecule has 3 rings (SSSR count). The van der Waals surface area contributed by atoms with Gasteiger partial charge >= 0.3 is 0 Å². The minimum atomic E-state index is -0.146. The molecule has 1 atom stereocenters. The van der Waals surface area contributed by atoms with Crippen LogP contribution in [0.15, 0.2) is 30.6 Å². The predicted molar refractivity (Wildman–Crippen MR) is 70.1 cm³/mol. The van der Waals surface area contributed by atoms with E-state index < -0.39 is 0 Å². The van der Waals surface area contributed by atoms with Crippen LogP contribution in [0, 0.1) is 0 Å². The van der Waals surface area contributed by atoms with Gasteiger partial charge in [-0.1, -0.05) is 6.07 Å². The standard InChI is InChI=1S/C13H14N4O2/c14-6-9(13-15-3-4-16-13)8-1-2-11-10(5-8)17-12(18)7-19-11/h1-5,9H,6-7,14H2,(H,15,16)(H,17,18). The number of aromatic nitrogens is 2. The van der Waals surface area contributed by atoms with E-state index in [1.165, 1.54) is 0 Å². The summed E-state index contributed by atoms with van der Waals surface area (Å²) >= 11 is 0. The number of aromatic amines is 1. The minimum Gasteiger partial charge on any atom is -0.482 e. The highest BCUT2D eigenvalue weighted by molar-refractivity contribution is 5.95. The molecule has 2 heterocycles. The molecule has 0 radical (unpaired) electrons. The molecule has 0 spiro atoms. The number of benzene rings is 1. The number of ether oxygens (including phenoxy) is 1. The number of carbonyl (C=O) groups is 1. The Kier molecular flexibility index (Phi) is 2.92. The van der Waals surface area contributed by atoms with Crippen molar-refractivity contribution in [2.24, 2.45) is 5.73 Å². The second-order valence-corrected chi connectivity index (χ2v) is 4.36. The van der Waals surface area contributed by atoms with Crippen LogP contribution in [0.1, 0.15) is 17.3 Å². The van der Waals surface area contributed by atoms with Crippen LogP contribution in [0.4, 0.5) is 5.69 Å². The number of H-pyrrole nitrogens is 1. The number of nitrogens with zero attached hydrogens (tertiary/aromatic N) is 1. The molecule has 19 heavy (non-hydrogen) atoms. The van der Waals surface area contributed by atoms with E-state index in [1.807, 2.05) is 18.2 Å². The predicted octanol–water partition coefficient (Wildman–Crippen LogP) is 0.831. The van der Waals surface area contributed by atoms with Gasteiger partial charge in [0.2, 0.25) is 0 Å². The van der Waals surface area contributed by atoms with Crippen LogP contribution in [0.5, 0.6) is 5.75 Å². The van der Waals surface area contributed by atoms with E-state index >= 15 is 0 Å². The highest BCUT2D eigenvalue weighted by Crippen LogP contribution is 2.32. The molecule has 4 N–H and O–H groups in total. The summed E-state index contributed by atoms with van der Waals surface area (Å²) in [5, 5.41) is 2.79. The zero-order valence-corrected chi connectivity index (χ0v) is 10.2. The van der Waals surface area contributed by atoms with Gasteiger partial charge in [-0.15, -0.1) is 0 Å². The number of rotatable bonds is 3. The van der Waals surface area contributed by atoms with Crippen molar-refractivity contribution < 1.29 is 9.53 Å². The van der Waals surface area contributed by atoms with Crippen molar-refractivity contribution in [1.82, 2.24) is 9.97 Å². The first-order valence-corrected chi connectivity index (χ1v) is 6.04. The van der Waals surface area contributed by atoms with Gasteiger partial charge < -0.3 is 20.8 Å². The fourth-order valence-electron chi connectivity index (χ4n) is 2.19. The largest absolute Gasteiger partial charge is 0.482 e. The van der Waals surface area contributed by atoms with Crippen molar-refractivity contribution in [2.45, 2.75) is 5.92 Å². The second kappa shape index (κ2) is 4.74. The number of nitrogens with one attached hydrogen (secondary N) is 2. The molecule has 1 aliphatic heterocycles. The Morgan fingerprint density at radius 2 is 2.37 bits per heavy atom. The summed E-state index contributed by atoms with van der Waals surface area (Å²) in [6, 6.07) is 5.67. The highest BCUT2D eigenvalue weighted by atomic mass is 16.5. The van der Waals surface area contributed by atoms with E-state index in [1.54, 1.807) is 12.4 Å². The fourth-order valence-corrected chi connectivity index (χ4v) is 2.19. The molecule has 0 saturated heterocycles. The maximum Gasteiger partial charge on any atom is 0.262 e. The molecule has 1 aliphatic rings. The third-order valence-electron chi connectivity index (χ3n) is 3.12. The summed E-state index contributed by atoms with van der Waals surface area (Å²) in [6.07, 6.45) is 3.46. The van der Waals surface area contributed by atoms with Crippen molar-refractivity contribution in [2.75, 3.05) is 18.5 Å². The van der Waals surface area contributed by atoms with E-state index in [4.69, 9.17) is 10.5 Å². The lowest BCUT2D eigenvalue weighted by atomic mass is 9.97. The molecule has 98 valence electrons. The van der Waals surface area contributed by atoms with Gasteiger partial charge in [-0.3, -0.25) is 4.79 Å². The molecule has 1 amide bonds. The number of fused-ring (bicyclic) bond motifs is 1. The summed E-state index contributed by atoms with van der Waals surface area (Å²) in [6.45, 7) is 0.492. The Morgan fingerprint density at radius 3 is 3.11 bits per heavy atom. The van der Waals surface area contributed by atoms with Crippen LogP contribution < -0.4 is 15.8 Å². The Bertz CT molecular complexity index is 595. The molecule has 6 nitrogen and oxygen atoms in total. The van der Waals surface area contributed by atoms with Gasteiger partial charge in [-0.05, 0) is 17.7 Å². The summed E-state index contributed by atoms with van der Waals surface area (Å²) in [4.78, 5) is 18.6. The van der Waals surface area contributed by atoms with Gasteiger partial charge in [-0.25, -0.2) is 4.98 Å². The fraction of sp³-hybridized carbons (Fsp3) is 0.231. The van der Waals surface area contributed by atoms with Crippen molar-refractivity contribution in [1.29, 1.82) is 0 Å². The van der Waals surface area contributed by atoms with Gasteiger partial charge in [-0.2, -0.15) is 0 Å². The molecule has 0 fully saturated rings. The van der Waals surface area contributed by atoms with Crippen LogP contribution in [-0.4, -0.2) is 29.0 Å². The van der Waals surface area contributed by atoms with Gasteiger partial charge in [0, 0.05) is 18.9 Å². The molecule has 1 aromatic carbocycles. The maximum atomic E-state index is 11.3. The number of nitrogens with two attached hydrogens (primary N) is 1. The lowest BCUT2D eigenvalue weighted by Gasteiger charge is -2.20. The topological polar surface area (TPSA) is 93.0 Å². The number of hydrogen-bond acceptors (Lipinski definition) is 4. The first-order chi connectivity index (χ1) is 9.28. The molecule has 1 unspecified atom stereocenters. The van der Waals surface area contributed by atoms with Gasteiger partial charge in [0.05, 0.1) is 11.6 Å². The Labute approximate surface area is 110 Å². The average molecular weight is 258 g/mol. The minimum absolute atomic E-state index is 0.0286. The van der Waals surface area contributed by atoms with E-state index in [0.29, 0.717) is 18.0 Å². The third kappa shape index (κ3) is 2.17. The first kappa shape index (κ1) is 11.7. The number of anilines is 1. The molecule has 1 aromatic heterocycles. The van der Waals surface area contributed by atoms with Gasteiger partial charge in [0.1, 0.15) is 11.6 Å². The van der Waals surface area contributed by atoms with Crippen molar-refractivity contribution in [3.63, 3.8) is 0 Å². The third-order valence-corrected chi connectivity index (χ3v) is 3.12. The molecule has 0 aliphatic carbocycles. The molecule has 2 aromatic rings. The van der Waals surface area contributed by atoms with Gasteiger partial charge in [0.15, 0.2) is 6.61 Å². The number of carbonyl (C=O) groups excluding carboxylic acids is 1. The van der Waals surface area contributed by atoms with Gasteiger partial charge in [0.25, 0.3) is 5.91 Å². The first-order valence-electron chi connectivity index (χ1n) is 6.04. The lowest BCUT2D eigenvalue weighted by Crippen LogP contribution is -2.25. The molecule has 0 saturated carbocycles. The number of hydrogen-bond donors (Lipinski definition) is 3. The molecule has 6 heteroatoms. The van der Waals surface area contributed by atoms with E-state index in [-0.39, 0.29) is 18.4 Å². The summed E-state index contributed by atoms with van der Waals surface area (Å²) in [5.41, 5.74) is 7.49. The van der Waals surface area contributed by atoms with Crippen LogP contribution in [0.25, 0.3) is 0 Å². The quantitative estimate of drug-likeness (QED) is 0.760. The maximum absolute atomic E-state index is 11.3. The number of imidazole rings is 1. The summed E-state index contributed by atoms with van der Waals surface area (Å²) in [7, 11) is 0. The lowest BCUT2D eigenvalue weighted by molar-refractivity contribution is -0.118. The highest BCUT2D eigenvalue weighted by Gasteiger charge is 2.20. The van der Waals surface area contributed by atoms with E-state index in [9.17, 15) is 4.79 Å². The van der Waals surface area contributed by atoms with E-state index in [0.717, 1.165) is 11.4 Å². The van der Waals surface area contributed by atoms with Crippen molar-refractivity contribution in [3.05, 3.63) is 42.0 Å². The Hall–Kier alpha value is -2.34. The number of amides is 1. The Balaban J connectivity index is 1.97. The zero-order valence-electron chi connectivity index (χ0n) is 10.2. The van der Waals surface area contributed by atoms with Crippen LogP contribution in [0.3, 0.4) is 0 Å². The molecular weight excluding hydrogens is 244 g/mol. The SMILES string of the molecule is NCC(c1ccc2c(c1)NC(=O)CO2)c1ncc[nH]1. The summed E-state index contributed by atoms with van der Waals surface area (Å²) < 4.78 is 5.33. The molecular formula is C13H14N4O2. The monoisotopic (exact) mass is 258 g/mol. The van der Waals surface area contributed by atoms with Crippen LogP contribution >= 0.6 is 0 Å². The van der Waals surface area contributed by atoms with Crippen LogP contribution in [0.2, 0.25) is 0 Å². The van der Waals surface area contributed by atoms with Crippen molar-refractivity contribution >= 4 is 11.6 Å². The molecule has 0 bridgehead atoms. The summed E-state index contributed by atoms with van der Waals surface area (Å²) in [5.74, 6) is 1.31. The average Bonchev–Trinajstić information content (AvgIpc) is 2.93. The Morgan fingerprint density at radius 1 is 1.47 bits per heavy atom. The van der Waals surface area contributed by atoms with Crippen LogP contribution in [-0.2, 0) is 4.79 Å².